The summed E-state index contributed by atoms with van der Waals surface area (Å²) in [6, 6.07) is 77.3. The Morgan fingerprint density at radius 2 is 0.708 bits per heavy atom. The topological polar surface area (TPSA) is 50.1 Å². The van der Waals surface area contributed by atoms with E-state index in [0.29, 0.717) is 62.2 Å². The van der Waals surface area contributed by atoms with E-state index in [0.717, 1.165) is 83.4 Å². The minimum Gasteiger partial charge on any atom is -0.311 e. The highest BCUT2D eigenvalue weighted by atomic mass is 15.2. The maximum Gasteiger partial charge on any atom is 0.252 e. The molecule has 0 fully saturated rings. The molecule has 4 heterocycles. The van der Waals surface area contributed by atoms with Crippen LogP contribution in [0.2, 0.25) is 0 Å². The number of para-hydroxylation sites is 2. The highest BCUT2D eigenvalue weighted by molar-refractivity contribution is 7.00. The zero-order valence-electron chi connectivity index (χ0n) is 73.4. The van der Waals surface area contributed by atoms with Gasteiger partial charge < -0.3 is 14.4 Å². The van der Waals surface area contributed by atoms with Crippen LogP contribution in [0.4, 0.5) is 34.1 Å². The molecule has 0 N–H and O–H groups in total. The number of rotatable bonds is 11. The average Bonchev–Trinajstić information content (AvgIpc) is 1.60. The number of hydrogen-bond donors (Lipinski definition) is 0. The number of fused-ring (bicyclic) bond motifs is 7. The molecule has 0 unspecified atom stereocenters. The van der Waals surface area contributed by atoms with Gasteiger partial charge in [-0.25, -0.2) is 15.0 Å². The Labute approximate surface area is 641 Å². The minimum absolute atomic E-state index is 0.0454. The molecule has 0 amide bonds. The van der Waals surface area contributed by atoms with Crippen LogP contribution in [-0.4, -0.2) is 26.2 Å². The first-order valence-corrected chi connectivity index (χ1v) is 36.0. The van der Waals surface area contributed by atoms with Gasteiger partial charge in [0.05, 0.1) is 45.9 Å². The summed E-state index contributed by atoms with van der Waals surface area (Å²) in [7, 11) is 0. The van der Waals surface area contributed by atoms with Crippen molar-refractivity contribution in [3.05, 3.63) is 344 Å². The monoisotopic (exact) mass is 1380 g/mol. The molecule has 2 aliphatic heterocycles. The van der Waals surface area contributed by atoms with Gasteiger partial charge in [0.15, 0.2) is 17.5 Å². The van der Waals surface area contributed by atoms with Crippen molar-refractivity contribution < 1.29 is 17.8 Å². The number of aromatic nitrogens is 4. The molecule has 16 aromatic rings. The van der Waals surface area contributed by atoms with Crippen LogP contribution >= 0.6 is 0 Å². The van der Waals surface area contributed by atoms with Gasteiger partial charge in [0.1, 0.15) is 0 Å². The molecular weight excluding hydrogens is 1280 g/mol. The van der Waals surface area contributed by atoms with E-state index in [2.05, 4.69) is 175 Å². The Hall–Kier alpha value is -12.4. The first-order chi connectivity index (χ1) is 56.9. The van der Waals surface area contributed by atoms with Crippen LogP contribution < -0.4 is 26.2 Å². The van der Waals surface area contributed by atoms with Gasteiger partial charge in [-0.3, -0.25) is 0 Å². The maximum atomic E-state index is 10.2. The predicted octanol–water partition coefficient (Wildman–Crippen LogP) is 24.3. The van der Waals surface area contributed by atoms with Gasteiger partial charge in [-0.15, -0.1) is 0 Å². The Kier molecular flexibility index (Phi) is 12.8. The quantitative estimate of drug-likeness (QED) is 0.121. The second kappa shape index (κ2) is 25.8. The van der Waals surface area contributed by atoms with E-state index < -0.39 is 90.7 Å². The minimum atomic E-state index is -0.763. The van der Waals surface area contributed by atoms with Crippen LogP contribution in [0, 0.1) is 0 Å². The first-order valence-electron chi connectivity index (χ1n) is 42.5. The molecule has 0 atom stereocenters. The molecular formula is C99H81BN6. The molecule has 7 heteroatoms. The zero-order chi connectivity index (χ0) is 83.5. The molecule has 510 valence electrons. The van der Waals surface area contributed by atoms with Crippen LogP contribution in [0.15, 0.2) is 327 Å². The molecule has 2 aliphatic rings. The molecule has 0 bridgehead atoms. The van der Waals surface area contributed by atoms with Gasteiger partial charge >= 0.3 is 0 Å². The summed E-state index contributed by atoms with van der Waals surface area (Å²) >= 11 is 0. The third kappa shape index (κ3) is 11.6. The van der Waals surface area contributed by atoms with Crippen LogP contribution in [0.1, 0.15) is 96.8 Å². The van der Waals surface area contributed by atoms with E-state index in [-0.39, 0.29) is 49.7 Å². The smallest absolute Gasteiger partial charge is 0.252 e. The SMILES string of the molecule is [2H]c1c([2H])c([2H])c(-c2ccc3c(c2)N(c2c(-c4ccccc4)cc(C(C)(C)C)cc2-c2nc(-c4ccccc4)nc(-c4ccccc4)n2)c2cc(-n4c5c([2H])c([2H])c([2H])c([2H])c5c5c([2H])c([2H])c([2H])c([2H])c54)cc4c2B3c2ccc(-c3cc(C(C)(C)C)cc(C(C)(C)C)c3)cc2N4c2ccc(-c3ccccc3)cc2-c2ccccc2)c([2H])c1[2H]. The molecule has 0 radical (unpaired) electrons. The van der Waals surface area contributed by atoms with Gasteiger partial charge in [0.2, 0.25) is 0 Å². The molecule has 0 spiro atoms. The van der Waals surface area contributed by atoms with Crippen LogP contribution in [0.3, 0.4) is 0 Å². The molecule has 0 saturated heterocycles. The summed E-state index contributed by atoms with van der Waals surface area (Å²) < 4.78 is 127. The molecule has 14 aromatic carbocycles. The Balaban J connectivity index is 1.09. The summed E-state index contributed by atoms with van der Waals surface area (Å²) in [6.45, 7) is 19.0. The van der Waals surface area contributed by atoms with E-state index in [4.69, 9.17) is 16.3 Å². The zero-order valence-corrected chi connectivity index (χ0v) is 60.4. The van der Waals surface area contributed by atoms with Gasteiger partial charge in [0, 0.05) is 61.3 Å². The summed E-state index contributed by atoms with van der Waals surface area (Å²) in [5.74, 6) is 1.03. The molecule has 0 saturated carbocycles. The van der Waals surface area contributed by atoms with Crippen molar-refractivity contribution in [1.29, 1.82) is 0 Å². The predicted molar refractivity (Wildman–Crippen MR) is 448 cm³/mol. The summed E-state index contributed by atoms with van der Waals surface area (Å²) in [4.78, 5) is 20.9. The van der Waals surface area contributed by atoms with Crippen molar-refractivity contribution >= 4 is 79.0 Å². The third-order valence-corrected chi connectivity index (χ3v) is 20.8. The van der Waals surface area contributed by atoms with E-state index >= 15 is 0 Å². The Morgan fingerprint density at radius 3 is 1.24 bits per heavy atom. The van der Waals surface area contributed by atoms with Crippen molar-refractivity contribution in [2.45, 2.75) is 78.6 Å². The highest BCUT2D eigenvalue weighted by Gasteiger charge is 2.46. The first kappa shape index (κ1) is 52.5. The normalized spacial score (nSPS) is 14.4. The van der Waals surface area contributed by atoms with Gasteiger partial charge in [-0.1, -0.05) is 329 Å². The fourth-order valence-electron chi connectivity index (χ4n) is 15.3. The standard InChI is InChI=1S/C99H81BN6/c1-97(2,3)74-54-73(55-75(59-74)98(4,5)6)72-49-52-83-88(58-72)105(87-53-50-70(64-32-16-10-17-33-64)56-80(87)66-36-20-12-21-37-66)90-62-77(104-85-46-30-28-44-78(85)79-45-29-31-47-86(79)104)63-91-92(90)100(83)84-51-48-71(65-34-18-11-19-35-65)57-89(84)106(91)93-81(67-38-22-13-23-39-67)60-76(99(7,8)9)61-82(93)96-102-94(68-40-24-14-25-41-68)101-95(103-96)69-42-26-15-27-43-69/h10-63H,1-9H3/i11D,18D,19D,28D,29D,30D,31D,34D,35D,44D,45D,46D,47D. The van der Waals surface area contributed by atoms with Gasteiger partial charge in [0.25, 0.3) is 6.71 Å². The van der Waals surface area contributed by atoms with Gasteiger partial charge in [-0.05, 0) is 154 Å². The van der Waals surface area contributed by atoms with E-state index in [1.807, 2.05) is 146 Å². The second-order valence-electron chi connectivity index (χ2n) is 30.7. The van der Waals surface area contributed by atoms with Crippen LogP contribution in [0.5, 0.6) is 0 Å². The largest absolute Gasteiger partial charge is 0.311 e. The summed E-state index contributed by atoms with van der Waals surface area (Å²) in [5, 5.41) is -0.224. The Bertz CT molecular complexity index is 6710. The number of benzene rings is 14. The Morgan fingerprint density at radius 1 is 0.292 bits per heavy atom. The van der Waals surface area contributed by atoms with E-state index in [9.17, 15) is 16.4 Å². The molecule has 106 heavy (non-hydrogen) atoms. The molecule has 0 aliphatic carbocycles. The van der Waals surface area contributed by atoms with Crippen LogP contribution in [-0.2, 0) is 16.2 Å². The average molecular weight is 1380 g/mol. The highest BCUT2D eigenvalue weighted by Crippen LogP contribution is 2.54. The molecule has 6 nitrogen and oxygen atoms in total. The number of nitrogens with zero attached hydrogens (tertiary/aromatic N) is 6. The van der Waals surface area contributed by atoms with Crippen molar-refractivity contribution in [3.63, 3.8) is 0 Å². The number of hydrogen-bond acceptors (Lipinski definition) is 5. The summed E-state index contributed by atoms with van der Waals surface area (Å²) in [6.07, 6.45) is 0. The molecule has 18 rings (SSSR count). The fourth-order valence-corrected chi connectivity index (χ4v) is 15.3. The van der Waals surface area contributed by atoms with Gasteiger partial charge in [-0.2, -0.15) is 0 Å². The van der Waals surface area contributed by atoms with Crippen molar-refractivity contribution in [2.75, 3.05) is 9.80 Å². The second-order valence-corrected chi connectivity index (χ2v) is 30.7. The number of anilines is 6. The lowest BCUT2D eigenvalue weighted by Gasteiger charge is -2.46. The van der Waals surface area contributed by atoms with Crippen molar-refractivity contribution in [2.24, 2.45) is 0 Å². The van der Waals surface area contributed by atoms with Crippen LogP contribution in [0.25, 0.3) is 117 Å². The summed E-state index contributed by atoms with van der Waals surface area (Å²) in [5.41, 5.74) is 17.2. The maximum absolute atomic E-state index is 10.2. The van der Waals surface area contributed by atoms with Crippen molar-refractivity contribution in [3.8, 4) is 95.5 Å². The van der Waals surface area contributed by atoms with E-state index in [1.54, 1.807) is 4.57 Å². The fraction of sp³-hybridized carbons (Fsp3) is 0.121. The molecule has 2 aromatic heterocycles. The van der Waals surface area contributed by atoms with E-state index in [1.165, 1.54) is 0 Å². The lowest BCUT2D eigenvalue weighted by molar-refractivity contribution is 0.569. The lowest BCUT2D eigenvalue weighted by atomic mass is 9.33. The third-order valence-electron chi connectivity index (χ3n) is 20.8. The lowest BCUT2D eigenvalue weighted by Crippen LogP contribution is -2.61. The van der Waals surface area contributed by atoms with Crippen molar-refractivity contribution in [1.82, 2.24) is 19.5 Å².